The first kappa shape index (κ1) is 16.8. The fraction of sp³-hybridized carbons (Fsp3) is 0.526. The Kier molecular flexibility index (Phi) is 5.41. The molecule has 3 rings (SSSR count). The Labute approximate surface area is 144 Å². The summed E-state index contributed by atoms with van der Waals surface area (Å²) in [5.41, 5.74) is 2.35. The SMILES string of the molecule is COc1cc(C(C)NCc2cncn2C)ccc1OC1CCCC1. The molecule has 5 nitrogen and oxygen atoms in total. The highest BCUT2D eigenvalue weighted by Gasteiger charge is 2.19. The van der Waals surface area contributed by atoms with Crippen molar-refractivity contribution in [2.45, 2.75) is 51.3 Å². The fourth-order valence-corrected chi connectivity index (χ4v) is 3.17. The number of rotatable bonds is 7. The number of benzene rings is 1. The van der Waals surface area contributed by atoms with E-state index in [1.807, 2.05) is 30.2 Å². The third-order valence-corrected chi connectivity index (χ3v) is 4.79. The van der Waals surface area contributed by atoms with Crippen molar-refractivity contribution >= 4 is 0 Å². The molecule has 1 saturated carbocycles. The van der Waals surface area contributed by atoms with Gasteiger partial charge >= 0.3 is 0 Å². The monoisotopic (exact) mass is 329 g/mol. The molecule has 0 aliphatic heterocycles. The summed E-state index contributed by atoms with van der Waals surface area (Å²) in [5.74, 6) is 1.67. The van der Waals surface area contributed by atoms with Gasteiger partial charge in [0.15, 0.2) is 11.5 Å². The number of aryl methyl sites for hydroxylation is 1. The Morgan fingerprint density at radius 2 is 2.08 bits per heavy atom. The van der Waals surface area contributed by atoms with Crippen LogP contribution >= 0.6 is 0 Å². The molecule has 0 bridgehead atoms. The third-order valence-electron chi connectivity index (χ3n) is 4.79. The molecule has 5 heteroatoms. The first-order valence-electron chi connectivity index (χ1n) is 8.70. The highest BCUT2D eigenvalue weighted by atomic mass is 16.5. The molecule has 1 heterocycles. The predicted octanol–water partition coefficient (Wildman–Crippen LogP) is 3.60. The minimum atomic E-state index is 0.217. The summed E-state index contributed by atoms with van der Waals surface area (Å²) in [6.45, 7) is 2.93. The Morgan fingerprint density at radius 1 is 1.29 bits per heavy atom. The number of imidazole rings is 1. The predicted molar refractivity (Wildman–Crippen MR) is 94.3 cm³/mol. The second-order valence-corrected chi connectivity index (χ2v) is 6.53. The third kappa shape index (κ3) is 3.90. The molecule has 0 spiro atoms. The van der Waals surface area contributed by atoms with E-state index in [2.05, 4.69) is 29.4 Å². The second-order valence-electron chi connectivity index (χ2n) is 6.53. The smallest absolute Gasteiger partial charge is 0.161 e. The van der Waals surface area contributed by atoms with E-state index in [4.69, 9.17) is 9.47 Å². The maximum atomic E-state index is 6.11. The van der Waals surface area contributed by atoms with Crippen LogP contribution in [0.4, 0.5) is 0 Å². The summed E-state index contributed by atoms with van der Waals surface area (Å²) in [4.78, 5) is 4.15. The molecule has 0 radical (unpaired) electrons. The van der Waals surface area contributed by atoms with Crippen LogP contribution in [-0.4, -0.2) is 22.8 Å². The molecule has 0 amide bonds. The van der Waals surface area contributed by atoms with E-state index in [-0.39, 0.29) is 6.04 Å². The van der Waals surface area contributed by atoms with Crippen LogP contribution in [0.2, 0.25) is 0 Å². The zero-order valence-corrected chi connectivity index (χ0v) is 14.8. The summed E-state index contributed by atoms with van der Waals surface area (Å²) in [6, 6.07) is 6.45. The van der Waals surface area contributed by atoms with E-state index in [1.165, 1.54) is 18.4 Å². The van der Waals surface area contributed by atoms with Crippen molar-refractivity contribution in [3.05, 3.63) is 42.0 Å². The molecule has 2 aromatic rings. The van der Waals surface area contributed by atoms with E-state index >= 15 is 0 Å². The van der Waals surface area contributed by atoms with Crippen LogP contribution < -0.4 is 14.8 Å². The molecule has 1 fully saturated rings. The molecular weight excluding hydrogens is 302 g/mol. The maximum Gasteiger partial charge on any atom is 0.161 e. The van der Waals surface area contributed by atoms with Crippen LogP contribution in [0.25, 0.3) is 0 Å². The molecule has 24 heavy (non-hydrogen) atoms. The molecule has 1 aliphatic carbocycles. The summed E-state index contributed by atoms with van der Waals surface area (Å²) in [7, 11) is 3.71. The van der Waals surface area contributed by atoms with Gasteiger partial charge in [-0.25, -0.2) is 4.98 Å². The Balaban J connectivity index is 1.65. The lowest BCUT2D eigenvalue weighted by Crippen LogP contribution is -2.19. The summed E-state index contributed by atoms with van der Waals surface area (Å²) in [6.07, 6.45) is 8.87. The summed E-state index contributed by atoms with van der Waals surface area (Å²) < 4.78 is 13.7. The number of hydrogen-bond acceptors (Lipinski definition) is 4. The molecule has 1 unspecified atom stereocenters. The average molecular weight is 329 g/mol. The van der Waals surface area contributed by atoms with Gasteiger partial charge in [0.05, 0.1) is 25.2 Å². The number of nitrogens with zero attached hydrogens (tertiary/aromatic N) is 2. The molecular formula is C19H27N3O2. The Hall–Kier alpha value is -2.01. The van der Waals surface area contributed by atoms with E-state index in [1.54, 1.807) is 7.11 Å². The van der Waals surface area contributed by atoms with Crippen molar-refractivity contribution in [1.29, 1.82) is 0 Å². The van der Waals surface area contributed by atoms with Gasteiger partial charge in [-0.15, -0.1) is 0 Å². The first-order chi connectivity index (χ1) is 11.7. The topological polar surface area (TPSA) is 48.3 Å². The van der Waals surface area contributed by atoms with E-state index in [9.17, 15) is 0 Å². The van der Waals surface area contributed by atoms with Crippen LogP contribution in [0.5, 0.6) is 11.5 Å². The molecule has 130 valence electrons. The average Bonchev–Trinajstić information content (AvgIpc) is 3.24. The number of methoxy groups -OCH3 is 1. The summed E-state index contributed by atoms with van der Waals surface area (Å²) in [5, 5.41) is 3.53. The molecule has 0 saturated heterocycles. The second kappa shape index (κ2) is 7.71. The molecule has 1 aromatic heterocycles. The highest BCUT2D eigenvalue weighted by Crippen LogP contribution is 2.33. The van der Waals surface area contributed by atoms with Crippen molar-refractivity contribution in [1.82, 2.24) is 14.9 Å². The van der Waals surface area contributed by atoms with Crippen LogP contribution in [0.1, 0.15) is 49.9 Å². The minimum absolute atomic E-state index is 0.217. The normalized spacial score (nSPS) is 16.3. The zero-order chi connectivity index (χ0) is 16.9. The van der Waals surface area contributed by atoms with Crippen LogP contribution in [0, 0.1) is 0 Å². The van der Waals surface area contributed by atoms with Gasteiger partial charge in [0.25, 0.3) is 0 Å². The quantitative estimate of drug-likeness (QED) is 0.843. The Morgan fingerprint density at radius 3 is 2.75 bits per heavy atom. The van der Waals surface area contributed by atoms with Gasteiger partial charge in [0.2, 0.25) is 0 Å². The van der Waals surface area contributed by atoms with Crippen molar-refractivity contribution in [3.63, 3.8) is 0 Å². The molecule has 1 aliphatic rings. The van der Waals surface area contributed by atoms with Gasteiger partial charge in [-0.05, 0) is 50.3 Å². The van der Waals surface area contributed by atoms with Gasteiger partial charge in [-0.3, -0.25) is 0 Å². The number of hydrogen-bond donors (Lipinski definition) is 1. The molecule has 1 N–H and O–H groups in total. The first-order valence-corrected chi connectivity index (χ1v) is 8.70. The van der Waals surface area contributed by atoms with Crippen LogP contribution in [0.15, 0.2) is 30.7 Å². The number of ether oxygens (including phenoxy) is 2. The van der Waals surface area contributed by atoms with E-state index in [0.29, 0.717) is 6.10 Å². The minimum Gasteiger partial charge on any atom is -0.493 e. The van der Waals surface area contributed by atoms with Crippen molar-refractivity contribution in [3.8, 4) is 11.5 Å². The number of nitrogens with one attached hydrogen (secondary N) is 1. The van der Waals surface area contributed by atoms with Gasteiger partial charge in [0, 0.05) is 25.8 Å². The number of aromatic nitrogens is 2. The van der Waals surface area contributed by atoms with Crippen LogP contribution in [-0.2, 0) is 13.6 Å². The lowest BCUT2D eigenvalue weighted by atomic mass is 10.1. The van der Waals surface area contributed by atoms with Gasteiger partial charge in [0.1, 0.15) is 0 Å². The van der Waals surface area contributed by atoms with E-state index in [0.717, 1.165) is 36.6 Å². The van der Waals surface area contributed by atoms with Gasteiger partial charge in [-0.2, -0.15) is 0 Å². The van der Waals surface area contributed by atoms with Crippen molar-refractivity contribution in [2.75, 3.05) is 7.11 Å². The van der Waals surface area contributed by atoms with Gasteiger partial charge in [-0.1, -0.05) is 6.07 Å². The molecule has 1 atom stereocenters. The van der Waals surface area contributed by atoms with E-state index < -0.39 is 0 Å². The van der Waals surface area contributed by atoms with Crippen molar-refractivity contribution < 1.29 is 9.47 Å². The largest absolute Gasteiger partial charge is 0.493 e. The van der Waals surface area contributed by atoms with Crippen LogP contribution in [0.3, 0.4) is 0 Å². The maximum absolute atomic E-state index is 6.11. The zero-order valence-electron chi connectivity index (χ0n) is 14.8. The van der Waals surface area contributed by atoms with Crippen molar-refractivity contribution in [2.24, 2.45) is 7.05 Å². The lowest BCUT2D eigenvalue weighted by Gasteiger charge is -2.19. The molecule has 1 aromatic carbocycles. The summed E-state index contributed by atoms with van der Waals surface area (Å²) >= 11 is 0. The lowest BCUT2D eigenvalue weighted by molar-refractivity contribution is 0.200. The highest BCUT2D eigenvalue weighted by molar-refractivity contribution is 5.44. The standard InChI is InChI=1S/C19H27N3O2/c1-14(21-12-16-11-20-13-22(16)2)15-8-9-18(19(10-15)23-3)24-17-6-4-5-7-17/h8-11,13-14,17,21H,4-7,12H2,1-3H3. The Bertz CT molecular complexity index is 662. The fourth-order valence-electron chi connectivity index (χ4n) is 3.17. The van der Waals surface area contributed by atoms with Gasteiger partial charge < -0.3 is 19.4 Å².